The van der Waals surface area contributed by atoms with Crippen LogP contribution in [0, 0.1) is 0 Å². The Labute approximate surface area is 130 Å². The molecular formula is C15H26O7. The molecule has 0 aliphatic carbocycles. The van der Waals surface area contributed by atoms with Gasteiger partial charge in [-0.05, 0) is 26.2 Å². The molecule has 7 heteroatoms. The molecule has 0 heterocycles. The Bertz CT molecular complexity index is 358. The number of rotatable bonds is 10. The van der Waals surface area contributed by atoms with Crippen molar-refractivity contribution in [3.8, 4) is 0 Å². The van der Waals surface area contributed by atoms with Gasteiger partial charge in [0.05, 0.1) is 0 Å². The quantitative estimate of drug-likeness (QED) is 0.486. The Morgan fingerprint density at radius 2 is 1.23 bits per heavy atom. The average Bonchev–Trinajstić information content (AvgIpc) is 2.38. The number of hydrogen-bond donors (Lipinski definition) is 1. The molecule has 0 aliphatic heterocycles. The van der Waals surface area contributed by atoms with Crippen molar-refractivity contribution in [3.63, 3.8) is 0 Å². The first kappa shape index (κ1) is 20.4. The van der Waals surface area contributed by atoms with Crippen LogP contribution in [0.5, 0.6) is 0 Å². The first-order chi connectivity index (χ1) is 10.3. The molecule has 0 spiro atoms. The van der Waals surface area contributed by atoms with Crippen LogP contribution in [-0.4, -0.2) is 35.1 Å². The predicted molar refractivity (Wildman–Crippen MR) is 77.4 cm³/mol. The molecule has 128 valence electrons. The summed E-state index contributed by atoms with van der Waals surface area (Å²) < 4.78 is 14.6. The van der Waals surface area contributed by atoms with Crippen molar-refractivity contribution in [2.45, 2.75) is 78.3 Å². The number of ether oxygens (including phenoxy) is 3. The van der Waals surface area contributed by atoms with Gasteiger partial charge in [-0.25, -0.2) is 0 Å². The molecule has 0 radical (unpaired) electrons. The fourth-order valence-electron chi connectivity index (χ4n) is 1.56. The van der Waals surface area contributed by atoms with Crippen molar-refractivity contribution < 1.29 is 33.7 Å². The van der Waals surface area contributed by atoms with E-state index in [0.29, 0.717) is 19.3 Å². The standard InChI is InChI=1S/C15H26O7/c1-5-8-12(16)20-11(4)15(19,21-13(17)9-6-2)22-14(18)10-7-3/h11,19H,5-10H2,1-4H3. The predicted octanol–water partition coefficient (Wildman–Crippen LogP) is 2.05. The molecule has 0 rings (SSSR count). The van der Waals surface area contributed by atoms with Crippen molar-refractivity contribution in [2.75, 3.05) is 0 Å². The molecule has 22 heavy (non-hydrogen) atoms. The maximum absolute atomic E-state index is 11.6. The lowest BCUT2D eigenvalue weighted by molar-refractivity contribution is -0.359. The molecule has 1 N–H and O–H groups in total. The maximum Gasteiger partial charge on any atom is 0.412 e. The lowest BCUT2D eigenvalue weighted by Gasteiger charge is -2.31. The Morgan fingerprint density at radius 1 is 0.864 bits per heavy atom. The highest BCUT2D eigenvalue weighted by Crippen LogP contribution is 2.21. The van der Waals surface area contributed by atoms with E-state index in [1.807, 2.05) is 0 Å². The second-order valence-electron chi connectivity index (χ2n) is 4.96. The summed E-state index contributed by atoms with van der Waals surface area (Å²) in [5.41, 5.74) is 0. The minimum atomic E-state index is -2.61. The van der Waals surface area contributed by atoms with Gasteiger partial charge in [0.2, 0.25) is 6.10 Å². The zero-order chi connectivity index (χ0) is 17.2. The van der Waals surface area contributed by atoms with Crippen LogP contribution >= 0.6 is 0 Å². The first-order valence-corrected chi connectivity index (χ1v) is 7.64. The van der Waals surface area contributed by atoms with Crippen LogP contribution in [0.3, 0.4) is 0 Å². The summed E-state index contributed by atoms with van der Waals surface area (Å²) in [6.07, 6.45) is 0.477. The summed E-state index contributed by atoms with van der Waals surface area (Å²) in [6.45, 7) is 6.61. The fraction of sp³-hybridized carbons (Fsp3) is 0.800. The molecule has 1 unspecified atom stereocenters. The van der Waals surface area contributed by atoms with Gasteiger partial charge in [0.1, 0.15) is 0 Å². The molecule has 0 saturated carbocycles. The number of carbonyl (C=O) groups is 3. The Morgan fingerprint density at radius 3 is 1.59 bits per heavy atom. The lowest BCUT2D eigenvalue weighted by atomic mass is 10.3. The molecule has 0 fully saturated rings. The van der Waals surface area contributed by atoms with Gasteiger partial charge in [-0.15, -0.1) is 0 Å². The molecule has 0 amide bonds. The van der Waals surface area contributed by atoms with E-state index in [2.05, 4.69) is 0 Å². The maximum atomic E-state index is 11.6. The van der Waals surface area contributed by atoms with Crippen molar-refractivity contribution in [1.29, 1.82) is 0 Å². The van der Waals surface area contributed by atoms with Crippen LogP contribution < -0.4 is 0 Å². The third-order valence-electron chi connectivity index (χ3n) is 2.70. The van der Waals surface area contributed by atoms with Crippen molar-refractivity contribution in [3.05, 3.63) is 0 Å². The summed E-state index contributed by atoms with van der Waals surface area (Å²) >= 11 is 0. The number of carbonyl (C=O) groups excluding carboxylic acids is 3. The van der Waals surface area contributed by atoms with Crippen LogP contribution in [-0.2, 0) is 28.6 Å². The van der Waals surface area contributed by atoms with Crippen LogP contribution in [0.25, 0.3) is 0 Å². The highest BCUT2D eigenvalue weighted by atomic mass is 16.9. The molecule has 0 bridgehead atoms. The summed E-state index contributed by atoms with van der Waals surface area (Å²) in [7, 11) is 0. The Hall–Kier alpha value is -1.63. The number of esters is 3. The fourth-order valence-corrected chi connectivity index (χ4v) is 1.56. The first-order valence-electron chi connectivity index (χ1n) is 7.64. The molecule has 0 aromatic carbocycles. The van der Waals surface area contributed by atoms with Gasteiger partial charge in [-0.2, -0.15) is 0 Å². The summed E-state index contributed by atoms with van der Waals surface area (Å²) in [5.74, 6) is -4.67. The van der Waals surface area contributed by atoms with E-state index in [9.17, 15) is 19.5 Å². The topological polar surface area (TPSA) is 99.1 Å². The van der Waals surface area contributed by atoms with Crippen LogP contribution in [0.4, 0.5) is 0 Å². The van der Waals surface area contributed by atoms with E-state index in [1.165, 1.54) is 6.92 Å². The SMILES string of the molecule is CCCC(=O)OC(C)C(O)(OC(=O)CCC)OC(=O)CCC. The highest BCUT2D eigenvalue weighted by Gasteiger charge is 2.45. The smallest absolute Gasteiger partial charge is 0.412 e. The van der Waals surface area contributed by atoms with Crippen LogP contribution in [0.15, 0.2) is 0 Å². The summed E-state index contributed by atoms with van der Waals surface area (Å²) in [6, 6.07) is 0. The minimum absolute atomic E-state index is 0.0449. The summed E-state index contributed by atoms with van der Waals surface area (Å²) in [5, 5.41) is 10.3. The van der Waals surface area contributed by atoms with Gasteiger partial charge in [0.15, 0.2) is 0 Å². The minimum Gasteiger partial charge on any atom is -0.451 e. The lowest BCUT2D eigenvalue weighted by Crippen LogP contribution is -2.50. The Kier molecular flexibility index (Phi) is 9.40. The van der Waals surface area contributed by atoms with Crippen molar-refractivity contribution in [2.24, 2.45) is 0 Å². The largest absolute Gasteiger partial charge is 0.451 e. The van der Waals surface area contributed by atoms with Gasteiger partial charge in [0.25, 0.3) is 0 Å². The second kappa shape index (κ2) is 10.2. The van der Waals surface area contributed by atoms with Gasteiger partial charge in [-0.3, -0.25) is 14.4 Å². The van der Waals surface area contributed by atoms with Crippen LogP contribution in [0.1, 0.15) is 66.2 Å². The van der Waals surface area contributed by atoms with Gasteiger partial charge >= 0.3 is 23.9 Å². The van der Waals surface area contributed by atoms with E-state index >= 15 is 0 Å². The van der Waals surface area contributed by atoms with Crippen molar-refractivity contribution in [1.82, 2.24) is 0 Å². The van der Waals surface area contributed by atoms with E-state index < -0.39 is 30.0 Å². The van der Waals surface area contributed by atoms with Gasteiger partial charge < -0.3 is 19.3 Å². The number of hydrogen-bond acceptors (Lipinski definition) is 7. The monoisotopic (exact) mass is 318 g/mol. The average molecular weight is 318 g/mol. The third kappa shape index (κ3) is 7.40. The van der Waals surface area contributed by atoms with E-state index in [4.69, 9.17) is 14.2 Å². The summed E-state index contributed by atoms with van der Waals surface area (Å²) in [4.78, 5) is 34.7. The molecule has 0 aromatic heterocycles. The van der Waals surface area contributed by atoms with Crippen LogP contribution in [0.2, 0.25) is 0 Å². The zero-order valence-corrected chi connectivity index (χ0v) is 13.7. The zero-order valence-electron chi connectivity index (χ0n) is 13.7. The Balaban J connectivity index is 4.99. The third-order valence-corrected chi connectivity index (χ3v) is 2.70. The highest BCUT2D eigenvalue weighted by molar-refractivity contribution is 5.72. The molecular weight excluding hydrogens is 292 g/mol. The van der Waals surface area contributed by atoms with E-state index in [1.54, 1.807) is 20.8 Å². The number of aliphatic hydroxyl groups is 1. The normalized spacial score (nSPS) is 12.4. The van der Waals surface area contributed by atoms with Gasteiger partial charge in [-0.1, -0.05) is 20.8 Å². The van der Waals surface area contributed by atoms with Crippen molar-refractivity contribution >= 4 is 17.9 Å². The second-order valence-corrected chi connectivity index (χ2v) is 4.96. The van der Waals surface area contributed by atoms with E-state index in [-0.39, 0.29) is 19.3 Å². The van der Waals surface area contributed by atoms with Gasteiger partial charge in [0, 0.05) is 19.3 Å². The molecule has 7 nitrogen and oxygen atoms in total. The molecule has 0 aliphatic rings. The molecule has 0 aromatic rings. The molecule has 1 atom stereocenters. The van der Waals surface area contributed by atoms with E-state index in [0.717, 1.165) is 0 Å². The molecule has 0 saturated heterocycles.